The fourth-order valence-electron chi connectivity index (χ4n) is 13.6. The highest BCUT2D eigenvalue weighted by Gasteiger charge is 2.57. The molecule has 9 N–H and O–H groups in total. The third-order valence-electron chi connectivity index (χ3n) is 19.3. The number of rotatable bonds is 25. The van der Waals surface area contributed by atoms with Gasteiger partial charge in [-0.05, 0) is 132 Å². The first-order valence-electron chi connectivity index (χ1n) is 34.3. The van der Waals surface area contributed by atoms with Gasteiger partial charge in [-0.25, -0.2) is 14.4 Å². The molecule has 16 atom stereocenters. The normalized spacial score (nSPS) is 29.6. The second kappa shape index (κ2) is 38.2. The number of hydrogen-bond acceptors (Lipinski definition) is 20. The Balaban J connectivity index is 1.07. The van der Waals surface area contributed by atoms with Crippen LogP contribution in [0.1, 0.15) is 144 Å². The van der Waals surface area contributed by atoms with E-state index in [-0.39, 0.29) is 89.1 Å². The van der Waals surface area contributed by atoms with Gasteiger partial charge in [0.2, 0.25) is 23.5 Å². The Morgan fingerprint density at radius 1 is 0.848 bits per heavy atom. The van der Waals surface area contributed by atoms with Gasteiger partial charge in [0.05, 0.1) is 30.5 Å². The van der Waals surface area contributed by atoms with E-state index in [0.717, 1.165) is 27.5 Å². The number of anilines is 1. The number of imide groups is 1. The maximum Gasteiger partial charge on any atom is 0.409 e. The molecule has 1 aromatic rings. The molecule has 9 amide bonds. The van der Waals surface area contributed by atoms with Crippen LogP contribution in [0.4, 0.5) is 15.3 Å². The number of ether oxygens (including phenoxy) is 7. The molecular formula is C71H104N8O20. The van der Waals surface area contributed by atoms with Gasteiger partial charge in [0.15, 0.2) is 0 Å². The molecule has 4 aliphatic heterocycles. The number of piperidine rings is 1. The fraction of sp³-hybridized carbons (Fsp3) is 0.648. The molecule has 6 rings (SSSR count). The van der Waals surface area contributed by atoms with Gasteiger partial charge in [-0.1, -0.05) is 70.6 Å². The molecule has 28 nitrogen and oxygen atoms in total. The second-order valence-corrected chi connectivity index (χ2v) is 27.2. The van der Waals surface area contributed by atoms with Crippen LogP contribution in [0, 0.1) is 35.5 Å². The van der Waals surface area contributed by atoms with E-state index in [2.05, 4.69) is 33.2 Å². The van der Waals surface area contributed by atoms with Gasteiger partial charge in [0.1, 0.15) is 49.5 Å². The summed E-state index contributed by atoms with van der Waals surface area (Å²) in [6, 6.07) is 2.13. The first-order chi connectivity index (χ1) is 47.0. The number of benzene rings is 1. The smallest absolute Gasteiger partial charge is 0.409 e. The van der Waals surface area contributed by atoms with E-state index in [4.69, 9.17) is 38.9 Å². The average molecular weight is 1390 g/mol. The lowest BCUT2D eigenvalue weighted by atomic mass is 9.81. The third-order valence-corrected chi connectivity index (χ3v) is 19.3. The first kappa shape index (κ1) is 80.2. The standard InChI is InChI=1S/C71H104N8O20/c1-12-16-48-32-41(4)31-42(5)33-56(94-10)63-57(95-11)35-44(7)71(92,99-63)64(85)67(88)78-29-14-13-18-51(78)68(89)98-62(45(8)52(80)37-53(48)81)43(6)34-47-21-24-54(55(36-47)93-9)97-39-74-70(91)96-38-46-19-22-49(23-20-46)75-65(86)50(17-15-28-73-69(72)90)76-66(87)61(40(2)3)77-58(82)27-30-79-59(83)25-26-60(79)84/h12,19-20,22-23,25-26,32,34,40,42,44-45,47-48,50-52,54-57,61-63,80,92H,1,13-18,21,24,27-31,33,35-39H2,2-11H3,(H,74,91)(H,75,86)(H,76,87)(H,77,82)(H3,72,73,90)/b41-32+,43-34+/t42-,44+,45+,47?,48+,50-,51-,52-,54+,55+,56-,57-,61-,62+,63+,71+/m0/s1. The molecule has 1 aliphatic carbocycles. The van der Waals surface area contributed by atoms with Crippen LogP contribution < -0.4 is 32.3 Å². The van der Waals surface area contributed by atoms with Gasteiger partial charge >= 0.3 is 18.1 Å². The van der Waals surface area contributed by atoms with Crippen molar-refractivity contribution >= 4 is 70.8 Å². The molecule has 0 radical (unpaired) electrons. The number of carbonyl (C=O) groups excluding carboxylic acids is 11. The Hall–Kier alpha value is -7.73. The zero-order valence-electron chi connectivity index (χ0n) is 58.8. The number of allylic oxidation sites excluding steroid dienone is 4. The van der Waals surface area contributed by atoms with E-state index >= 15 is 0 Å². The molecular weight excluding hydrogens is 1280 g/mol. The highest BCUT2D eigenvalue weighted by atomic mass is 16.7. The van der Waals surface area contributed by atoms with E-state index in [1.165, 1.54) is 14.2 Å². The van der Waals surface area contributed by atoms with Crippen LogP contribution in [-0.2, 0) is 82.9 Å². The van der Waals surface area contributed by atoms with Crippen molar-refractivity contribution in [3.8, 4) is 0 Å². The lowest BCUT2D eigenvalue weighted by Gasteiger charge is -2.47. The number of fused-ring (bicyclic) bond motifs is 3. The lowest BCUT2D eigenvalue weighted by molar-refractivity contribution is -0.302. The van der Waals surface area contributed by atoms with Gasteiger partial charge in [-0.15, -0.1) is 6.58 Å². The molecule has 548 valence electrons. The SMILES string of the molecule is C=CC[C@@H]1/C=C(\C)C[C@H](C)C[C@H](OC)[C@H]2O[C@@](O)(C(=O)C(=O)N3CCCC[C@H]3C(=O)O[C@H](/C(C)=C/C3CC[C@@H](OCNC(=O)OCc4ccc(NC(=O)[C@H](CCCNC(N)=O)NC(=O)[C@@H](NC(=O)CCN5C(=O)C=CC5=O)C(C)C)cc4)[C@H](OC)C3)[C@H](C)[C@@H](O)CC1=O)[C@H](C)C[C@@H]2OC. The van der Waals surface area contributed by atoms with E-state index in [1.54, 1.807) is 72.1 Å². The number of ketones is 2. The Morgan fingerprint density at radius 2 is 1.53 bits per heavy atom. The fourth-order valence-corrected chi connectivity index (χ4v) is 13.6. The van der Waals surface area contributed by atoms with E-state index in [9.17, 15) is 63.0 Å². The summed E-state index contributed by atoms with van der Waals surface area (Å²) in [5.74, 6) is -12.0. The van der Waals surface area contributed by atoms with Gasteiger partial charge < -0.3 is 75.3 Å². The summed E-state index contributed by atoms with van der Waals surface area (Å²) >= 11 is 0. The van der Waals surface area contributed by atoms with Gasteiger partial charge in [-0.2, -0.15) is 0 Å². The molecule has 4 heterocycles. The Labute approximate surface area is 579 Å². The first-order valence-corrected chi connectivity index (χ1v) is 34.3. The van der Waals surface area contributed by atoms with Crippen molar-refractivity contribution in [1.29, 1.82) is 0 Å². The summed E-state index contributed by atoms with van der Waals surface area (Å²) in [4.78, 5) is 148. The molecule has 0 aromatic heterocycles. The molecule has 28 heteroatoms. The number of urea groups is 1. The number of esters is 1. The van der Waals surface area contributed by atoms with Crippen molar-refractivity contribution in [3.05, 3.63) is 77.9 Å². The minimum Gasteiger partial charge on any atom is -0.456 e. The minimum absolute atomic E-state index is 0.0172. The van der Waals surface area contributed by atoms with E-state index in [0.29, 0.717) is 68.2 Å². The number of aliphatic hydroxyl groups excluding tert-OH is 1. The molecule has 2 bridgehead atoms. The number of Topliss-reactive ketones (excluding diaryl/α,β-unsaturated/α-hetero) is 2. The topological polar surface area (TPSA) is 385 Å². The second-order valence-electron chi connectivity index (χ2n) is 27.2. The molecule has 1 aromatic carbocycles. The number of alkyl carbamates (subject to hydrolysis) is 1. The number of hydrogen-bond donors (Lipinski definition) is 8. The molecule has 99 heavy (non-hydrogen) atoms. The zero-order valence-corrected chi connectivity index (χ0v) is 58.8. The predicted octanol–water partition coefficient (Wildman–Crippen LogP) is 4.87. The van der Waals surface area contributed by atoms with Crippen molar-refractivity contribution in [2.75, 3.05) is 53.0 Å². The summed E-state index contributed by atoms with van der Waals surface area (Å²) in [6.45, 7) is 15.8. The molecule has 5 aliphatic rings. The van der Waals surface area contributed by atoms with Crippen LogP contribution >= 0.6 is 0 Å². The van der Waals surface area contributed by atoms with E-state index < -0.39 is 150 Å². The number of amides is 9. The highest BCUT2D eigenvalue weighted by Crippen LogP contribution is 2.40. The molecule has 1 saturated carbocycles. The van der Waals surface area contributed by atoms with Crippen molar-refractivity contribution in [1.82, 2.24) is 31.1 Å². The number of nitrogens with zero attached hydrogens (tertiary/aromatic N) is 2. The number of carbonyl (C=O) groups is 11. The Bertz CT molecular complexity index is 3100. The van der Waals surface area contributed by atoms with Crippen molar-refractivity contribution in [2.24, 2.45) is 41.2 Å². The van der Waals surface area contributed by atoms with Crippen LogP contribution in [0.15, 0.2) is 72.4 Å². The number of cyclic esters (lactones) is 1. The largest absolute Gasteiger partial charge is 0.456 e. The number of nitrogens with one attached hydrogen (secondary N) is 5. The third kappa shape index (κ3) is 22.6. The maximum absolute atomic E-state index is 14.7. The Morgan fingerprint density at radius 3 is 2.17 bits per heavy atom. The van der Waals surface area contributed by atoms with E-state index in [1.807, 2.05) is 26.0 Å². The molecule has 2 saturated heterocycles. The monoisotopic (exact) mass is 1390 g/mol. The number of methoxy groups -OCH3 is 3. The van der Waals surface area contributed by atoms with Crippen LogP contribution in [0.25, 0.3) is 0 Å². The van der Waals surface area contributed by atoms with Crippen LogP contribution in [0.2, 0.25) is 0 Å². The van der Waals surface area contributed by atoms with Gasteiger partial charge in [0.25, 0.3) is 23.5 Å². The summed E-state index contributed by atoms with van der Waals surface area (Å²) < 4.78 is 42.0. The molecule has 1 unspecified atom stereocenters. The number of primary amides is 1. The van der Waals surface area contributed by atoms with Gasteiger partial charge in [-0.3, -0.25) is 48.6 Å². The van der Waals surface area contributed by atoms with Crippen LogP contribution in [0.5, 0.6) is 0 Å². The summed E-state index contributed by atoms with van der Waals surface area (Å²) in [7, 11) is 4.55. The lowest BCUT2D eigenvalue weighted by Crippen LogP contribution is -2.64. The molecule has 0 spiro atoms. The van der Waals surface area contributed by atoms with Crippen molar-refractivity contribution in [2.45, 2.75) is 212 Å². The van der Waals surface area contributed by atoms with Gasteiger partial charge in [0, 0.05) is 89.4 Å². The molecule has 3 fully saturated rings. The van der Waals surface area contributed by atoms with Crippen molar-refractivity contribution in [3.63, 3.8) is 0 Å². The number of nitrogens with two attached hydrogens (primary N) is 1. The average Bonchev–Trinajstić information content (AvgIpc) is 1.15. The number of aliphatic hydroxyl groups is 2. The zero-order chi connectivity index (χ0) is 72.8. The maximum atomic E-state index is 14.7. The van der Waals surface area contributed by atoms with Crippen LogP contribution in [-0.4, -0.2) is 199 Å². The predicted molar refractivity (Wildman–Crippen MR) is 361 cm³/mol. The minimum atomic E-state index is -2.59. The quantitative estimate of drug-likeness (QED) is 0.0161. The summed E-state index contributed by atoms with van der Waals surface area (Å²) in [5, 5.41) is 37.4. The summed E-state index contributed by atoms with van der Waals surface area (Å²) in [6.07, 6.45) is 5.12. The van der Waals surface area contributed by atoms with Crippen molar-refractivity contribution < 1.29 is 96.1 Å². The highest BCUT2D eigenvalue weighted by molar-refractivity contribution is 6.39. The summed E-state index contributed by atoms with van der Waals surface area (Å²) in [5.41, 5.74) is 7.58. The van der Waals surface area contributed by atoms with Crippen LogP contribution in [0.3, 0.4) is 0 Å². The Kier molecular flexibility index (Phi) is 30.9.